The molecule has 1 aromatic carbocycles. The molecule has 0 unspecified atom stereocenters. The number of esters is 1. The number of nitrogens with two attached hydrogens (primary N) is 1. The van der Waals surface area contributed by atoms with E-state index in [4.69, 9.17) is 5.73 Å². The van der Waals surface area contributed by atoms with Crippen molar-refractivity contribution in [2.45, 2.75) is 25.3 Å². The van der Waals surface area contributed by atoms with Crippen molar-refractivity contribution in [3.8, 4) is 0 Å². The predicted octanol–water partition coefficient (Wildman–Crippen LogP) is 2.11. The van der Waals surface area contributed by atoms with E-state index < -0.39 is 5.54 Å². The lowest BCUT2D eigenvalue weighted by Gasteiger charge is -2.21. The zero-order chi connectivity index (χ0) is 12.2. The monoisotopic (exact) mass is 333 g/mol. The summed E-state index contributed by atoms with van der Waals surface area (Å²) >= 11 is 2.28. The van der Waals surface area contributed by atoms with E-state index in [2.05, 4.69) is 33.4 Å². The molecule has 88 valence electrons. The van der Waals surface area contributed by atoms with Crippen molar-refractivity contribution in [3.05, 3.63) is 33.4 Å². The predicted molar refractivity (Wildman–Crippen MR) is 72.1 cm³/mol. The van der Waals surface area contributed by atoms with Crippen LogP contribution in [-0.2, 0) is 16.0 Å². The van der Waals surface area contributed by atoms with Crippen molar-refractivity contribution in [1.29, 1.82) is 0 Å². The summed E-state index contributed by atoms with van der Waals surface area (Å²) in [6.45, 7) is 1.70. The lowest BCUT2D eigenvalue weighted by atomic mass is 9.94. The van der Waals surface area contributed by atoms with E-state index in [9.17, 15) is 4.79 Å². The van der Waals surface area contributed by atoms with Gasteiger partial charge in [-0.1, -0.05) is 18.2 Å². The van der Waals surface area contributed by atoms with E-state index in [0.717, 1.165) is 6.42 Å². The van der Waals surface area contributed by atoms with Crippen LogP contribution in [0.3, 0.4) is 0 Å². The van der Waals surface area contributed by atoms with Crippen LogP contribution in [0.2, 0.25) is 0 Å². The zero-order valence-electron chi connectivity index (χ0n) is 9.50. The van der Waals surface area contributed by atoms with Crippen molar-refractivity contribution in [2.24, 2.45) is 5.73 Å². The fraction of sp³-hybridized carbons (Fsp3) is 0.417. The van der Waals surface area contributed by atoms with Crippen molar-refractivity contribution in [3.63, 3.8) is 0 Å². The van der Waals surface area contributed by atoms with Crippen molar-refractivity contribution >= 4 is 28.6 Å². The third-order valence-electron chi connectivity index (χ3n) is 2.52. The topological polar surface area (TPSA) is 52.3 Å². The molecule has 0 heterocycles. The second kappa shape index (κ2) is 5.63. The molecular weight excluding hydrogens is 317 g/mol. The first-order chi connectivity index (χ1) is 7.47. The third-order valence-corrected chi connectivity index (χ3v) is 3.58. The van der Waals surface area contributed by atoms with Crippen LogP contribution in [-0.4, -0.2) is 18.6 Å². The second-order valence-corrected chi connectivity index (χ2v) is 5.16. The molecule has 16 heavy (non-hydrogen) atoms. The van der Waals surface area contributed by atoms with Gasteiger partial charge in [0, 0.05) is 3.57 Å². The Bertz CT molecular complexity index is 377. The molecule has 0 fully saturated rings. The second-order valence-electron chi connectivity index (χ2n) is 4.00. The van der Waals surface area contributed by atoms with Gasteiger partial charge in [-0.05, 0) is 54.0 Å². The van der Waals surface area contributed by atoms with Gasteiger partial charge in [0.05, 0.1) is 7.11 Å². The summed E-state index contributed by atoms with van der Waals surface area (Å²) in [6.07, 6.45) is 1.36. The van der Waals surface area contributed by atoms with Crippen molar-refractivity contribution in [2.75, 3.05) is 7.11 Å². The molecule has 0 aliphatic heterocycles. The van der Waals surface area contributed by atoms with Crippen LogP contribution in [0.5, 0.6) is 0 Å². The van der Waals surface area contributed by atoms with Gasteiger partial charge in [0.15, 0.2) is 0 Å². The number of methoxy groups -OCH3 is 1. The molecule has 0 bridgehead atoms. The summed E-state index contributed by atoms with van der Waals surface area (Å²) in [4.78, 5) is 11.4. The largest absolute Gasteiger partial charge is 0.468 e. The van der Waals surface area contributed by atoms with E-state index in [1.807, 2.05) is 18.2 Å². The SMILES string of the molecule is COC(=O)[C@@](C)(N)CCc1ccccc1I. The van der Waals surface area contributed by atoms with E-state index in [-0.39, 0.29) is 5.97 Å². The summed E-state index contributed by atoms with van der Waals surface area (Å²) < 4.78 is 5.86. The number of ether oxygens (including phenoxy) is 1. The number of carbonyl (C=O) groups excluding carboxylic acids is 1. The van der Waals surface area contributed by atoms with Crippen LogP contribution in [0.4, 0.5) is 0 Å². The molecule has 0 aliphatic rings. The Labute approximate surface area is 109 Å². The van der Waals surface area contributed by atoms with Crippen molar-refractivity contribution < 1.29 is 9.53 Å². The molecule has 0 amide bonds. The molecule has 1 aromatic rings. The van der Waals surface area contributed by atoms with Crippen LogP contribution in [0.1, 0.15) is 18.9 Å². The first-order valence-electron chi connectivity index (χ1n) is 5.08. The highest BCUT2D eigenvalue weighted by Gasteiger charge is 2.28. The smallest absolute Gasteiger partial charge is 0.325 e. The third kappa shape index (κ3) is 3.45. The van der Waals surface area contributed by atoms with Crippen LogP contribution >= 0.6 is 22.6 Å². The Morgan fingerprint density at radius 2 is 2.12 bits per heavy atom. The molecule has 0 saturated carbocycles. The van der Waals surface area contributed by atoms with Crippen LogP contribution in [0, 0.1) is 3.57 Å². The molecule has 0 aliphatic carbocycles. The summed E-state index contributed by atoms with van der Waals surface area (Å²) in [5, 5.41) is 0. The van der Waals surface area contributed by atoms with Gasteiger partial charge in [-0.15, -0.1) is 0 Å². The standard InChI is InChI=1S/C12H16INO2/c1-12(14,11(15)16-2)8-7-9-5-3-4-6-10(9)13/h3-6H,7-8,14H2,1-2H3/t12-/m0/s1. The van der Waals surface area contributed by atoms with E-state index in [0.29, 0.717) is 6.42 Å². The normalized spacial score (nSPS) is 14.2. The maximum atomic E-state index is 11.4. The number of carbonyl (C=O) groups is 1. The van der Waals surface area contributed by atoms with Gasteiger partial charge in [0.2, 0.25) is 0 Å². The average molecular weight is 333 g/mol. The van der Waals surface area contributed by atoms with E-state index >= 15 is 0 Å². The fourth-order valence-corrected chi connectivity index (χ4v) is 2.09. The van der Waals surface area contributed by atoms with Gasteiger partial charge in [-0.2, -0.15) is 0 Å². The highest BCUT2D eigenvalue weighted by molar-refractivity contribution is 14.1. The molecule has 1 rings (SSSR count). The highest BCUT2D eigenvalue weighted by Crippen LogP contribution is 2.17. The molecule has 3 nitrogen and oxygen atoms in total. The van der Waals surface area contributed by atoms with Gasteiger partial charge in [0.25, 0.3) is 0 Å². The lowest BCUT2D eigenvalue weighted by Crippen LogP contribution is -2.46. The van der Waals surface area contributed by atoms with Crippen LogP contribution < -0.4 is 5.73 Å². The summed E-state index contributed by atoms with van der Waals surface area (Å²) in [5.74, 6) is -0.363. The summed E-state index contributed by atoms with van der Waals surface area (Å²) in [7, 11) is 1.36. The molecule has 1 atom stereocenters. The minimum Gasteiger partial charge on any atom is -0.468 e. The Hall–Kier alpha value is -0.620. The number of halogens is 1. The number of hydrogen-bond donors (Lipinski definition) is 1. The Morgan fingerprint density at radius 3 is 2.69 bits per heavy atom. The fourth-order valence-electron chi connectivity index (χ4n) is 1.43. The minimum absolute atomic E-state index is 0.363. The molecule has 0 radical (unpaired) electrons. The molecule has 0 saturated heterocycles. The number of aryl methyl sites for hydroxylation is 1. The van der Waals surface area contributed by atoms with E-state index in [1.54, 1.807) is 6.92 Å². The Balaban J connectivity index is 2.65. The first kappa shape index (κ1) is 13.4. The number of hydrogen-bond acceptors (Lipinski definition) is 3. The Kier molecular flexibility index (Phi) is 4.73. The minimum atomic E-state index is -0.909. The Morgan fingerprint density at radius 1 is 1.50 bits per heavy atom. The van der Waals surface area contributed by atoms with Gasteiger partial charge in [-0.3, -0.25) is 4.79 Å². The van der Waals surface area contributed by atoms with Gasteiger partial charge in [0.1, 0.15) is 5.54 Å². The summed E-state index contributed by atoms with van der Waals surface area (Å²) in [6, 6.07) is 8.08. The number of rotatable bonds is 4. The quantitative estimate of drug-likeness (QED) is 0.678. The van der Waals surface area contributed by atoms with E-state index in [1.165, 1.54) is 16.2 Å². The highest BCUT2D eigenvalue weighted by atomic mass is 127. The molecule has 4 heteroatoms. The maximum Gasteiger partial charge on any atom is 0.325 e. The first-order valence-corrected chi connectivity index (χ1v) is 6.16. The van der Waals surface area contributed by atoms with Gasteiger partial charge in [-0.25, -0.2) is 0 Å². The number of benzene rings is 1. The van der Waals surface area contributed by atoms with Crippen molar-refractivity contribution in [1.82, 2.24) is 0 Å². The van der Waals surface area contributed by atoms with Gasteiger partial charge < -0.3 is 10.5 Å². The van der Waals surface area contributed by atoms with Gasteiger partial charge >= 0.3 is 5.97 Å². The molecular formula is C12H16INO2. The molecule has 0 spiro atoms. The zero-order valence-corrected chi connectivity index (χ0v) is 11.7. The molecule has 0 aromatic heterocycles. The molecule has 2 N–H and O–H groups in total. The van der Waals surface area contributed by atoms with Crippen LogP contribution in [0.25, 0.3) is 0 Å². The van der Waals surface area contributed by atoms with Crippen LogP contribution in [0.15, 0.2) is 24.3 Å². The lowest BCUT2D eigenvalue weighted by molar-refractivity contribution is -0.146. The average Bonchev–Trinajstić information content (AvgIpc) is 2.27. The summed E-state index contributed by atoms with van der Waals surface area (Å²) in [5.41, 5.74) is 6.19. The maximum absolute atomic E-state index is 11.4.